The fourth-order valence-corrected chi connectivity index (χ4v) is 4.15. The molecule has 0 spiro atoms. The van der Waals surface area contributed by atoms with Crippen LogP contribution >= 0.6 is 11.3 Å². The summed E-state index contributed by atoms with van der Waals surface area (Å²) in [6, 6.07) is 5.16. The van der Waals surface area contributed by atoms with Gasteiger partial charge in [0, 0.05) is 23.7 Å². The maximum atomic E-state index is 12.5. The number of anilines is 1. The van der Waals surface area contributed by atoms with E-state index in [0.29, 0.717) is 27.6 Å². The van der Waals surface area contributed by atoms with E-state index in [1.165, 1.54) is 9.44 Å². The Bertz CT molecular complexity index is 980. The molecule has 0 saturated carbocycles. The second-order valence-corrected chi connectivity index (χ2v) is 7.33. The minimum atomic E-state index is -0.221. The molecular formula is C17H19N5O2S. The quantitative estimate of drug-likeness (QED) is 0.669. The number of carbonyl (C=O) groups is 1. The van der Waals surface area contributed by atoms with Crippen LogP contribution in [0.3, 0.4) is 0 Å². The van der Waals surface area contributed by atoms with E-state index in [0.717, 1.165) is 25.9 Å². The van der Waals surface area contributed by atoms with Crippen LogP contribution in [-0.2, 0) is 7.05 Å². The Labute approximate surface area is 148 Å². The first kappa shape index (κ1) is 16.0. The molecule has 25 heavy (non-hydrogen) atoms. The minimum absolute atomic E-state index is 0.195. The Balaban J connectivity index is 1.53. The summed E-state index contributed by atoms with van der Waals surface area (Å²) in [6.45, 7) is 2.05. The molecule has 4 rings (SSSR count). The van der Waals surface area contributed by atoms with Crippen molar-refractivity contribution in [1.82, 2.24) is 19.9 Å². The zero-order valence-electron chi connectivity index (χ0n) is 13.8. The number of aryl methyl sites for hydroxylation is 1. The highest BCUT2D eigenvalue weighted by atomic mass is 32.1. The van der Waals surface area contributed by atoms with E-state index in [-0.39, 0.29) is 11.6 Å². The van der Waals surface area contributed by atoms with Gasteiger partial charge in [-0.2, -0.15) is 0 Å². The number of imidazole rings is 1. The molecule has 1 aliphatic heterocycles. The molecule has 2 aromatic heterocycles. The summed E-state index contributed by atoms with van der Waals surface area (Å²) in [5, 5.41) is 6.83. The van der Waals surface area contributed by atoms with Crippen LogP contribution < -0.4 is 16.3 Å². The Kier molecular flexibility index (Phi) is 4.14. The van der Waals surface area contributed by atoms with Gasteiger partial charge in [0.15, 0.2) is 5.13 Å². The number of hydrogen-bond donors (Lipinski definition) is 3. The molecule has 3 aromatic rings. The van der Waals surface area contributed by atoms with Gasteiger partial charge in [-0.25, -0.2) is 9.78 Å². The van der Waals surface area contributed by atoms with E-state index in [4.69, 9.17) is 0 Å². The number of fused-ring (bicyclic) bond motifs is 1. The molecule has 1 aromatic carbocycles. The lowest BCUT2D eigenvalue weighted by Gasteiger charge is -2.20. The van der Waals surface area contributed by atoms with E-state index in [2.05, 4.69) is 20.6 Å². The van der Waals surface area contributed by atoms with E-state index < -0.39 is 0 Å². The Morgan fingerprint density at radius 1 is 1.36 bits per heavy atom. The molecule has 8 heteroatoms. The van der Waals surface area contributed by atoms with Crippen molar-refractivity contribution in [3.05, 3.63) is 45.3 Å². The van der Waals surface area contributed by atoms with E-state index in [1.54, 1.807) is 36.6 Å². The zero-order valence-corrected chi connectivity index (χ0v) is 14.7. The summed E-state index contributed by atoms with van der Waals surface area (Å²) in [5.74, 6) is 0.303. The number of piperidine rings is 1. The first-order chi connectivity index (χ1) is 12.1. The molecule has 1 saturated heterocycles. The van der Waals surface area contributed by atoms with Crippen molar-refractivity contribution in [2.45, 2.75) is 18.8 Å². The smallest absolute Gasteiger partial charge is 0.317 e. The first-order valence-electron chi connectivity index (χ1n) is 8.28. The van der Waals surface area contributed by atoms with Crippen LogP contribution in [0.2, 0.25) is 0 Å². The maximum Gasteiger partial charge on any atom is 0.326 e. The average molecular weight is 357 g/mol. The highest BCUT2D eigenvalue weighted by Gasteiger charge is 2.19. The number of aromatic nitrogens is 3. The van der Waals surface area contributed by atoms with E-state index in [9.17, 15) is 9.59 Å². The molecule has 0 bridgehead atoms. The van der Waals surface area contributed by atoms with Crippen molar-refractivity contribution in [2.75, 3.05) is 18.4 Å². The second-order valence-electron chi connectivity index (χ2n) is 6.27. The average Bonchev–Trinajstić information content (AvgIpc) is 3.21. The van der Waals surface area contributed by atoms with Gasteiger partial charge in [-0.3, -0.25) is 14.7 Å². The monoisotopic (exact) mass is 357 g/mol. The molecule has 3 N–H and O–H groups in total. The first-order valence-corrected chi connectivity index (χ1v) is 9.10. The molecular weight excluding hydrogens is 338 g/mol. The lowest BCUT2D eigenvalue weighted by Crippen LogP contribution is -2.26. The number of amides is 1. The highest BCUT2D eigenvalue weighted by molar-refractivity contribution is 7.15. The van der Waals surface area contributed by atoms with Gasteiger partial charge in [0.05, 0.1) is 11.0 Å². The predicted octanol–water partition coefficient (Wildman–Crippen LogP) is 2.04. The molecule has 130 valence electrons. The summed E-state index contributed by atoms with van der Waals surface area (Å²) in [7, 11) is 1.68. The maximum absolute atomic E-state index is 12.5. The van der Waals surface area contributed by atoms with E-state index >= 15 is 0 Å². The fraction of sp³-hybridized carbons (Fsp3) is 0.353. The number of benzene rings is 1. The molecule has 0 aliphatic carbocycles. The van der Waals surface area contributed by atoms with Crippen LogP contribution in [0.1, 0.15) is 34.0 Å². The highest BCUT2D eigenvalue weighted by Crippen LogP contribution is 2.31. The van der Waals surface area contributed by atoms with Crippen LogP contribution in [0.4, 0.5) is 5.13 Å². The molecule has 0 atom stereocenters. The van der Waals surface area contributed by atoms with E-state index in [1.807, 2.05) is 6.20 Å². The van der Waals surface area contributed by atoms with Gasteiger partial charge in [-0.15, -0.1) is 11.3 Å². The third-order valence-electron chi connectivity index (χ3n) is 4.65. The number of thiazole rings is 1. The SMILES string of the molecule is Cn1c(=O)[nH]c2ccc(C(=O)Nc3ncc(C4CCNCC4)s3)cc21. The van der Waals surface area contributed by atoms with Crippen LogP contribution in [0.15, 0.2) is 29.2 Å². The van der Waals surface area contributed by atoms with Gasteiger partial charge in [0.1, 0.15) is 0 Å². The normalized spacial score (nSPS) is 15.6. The van der Waals surface area contributed by atoms with Crippen molar-refractivity contribution >= 4 is 33.4 Å². The van der Waals surface area contributed by atoms with Crippen LogP contribution in [-0.4, -0.2) is 33.5 Å². The number of nitrogens with zero attached hydrogens (tertiary/aromatic N) is 2. The lowest BCUT2D eigenvalue weighted by atomic mass is 9.97. The lowest BCUT2D eigenvalue weighted by molar-refractivity contribution is 0.102. The van der Waals surface area contributed by atoms with Gasteiger partial charge in [-0.05, 0) is 50.0 Å². The second kappa shape index (κ2) is 6.45. The molecule has 7 nitrogen and oxygen atoms in total. The number of rotatable bonds is 3. The van der Waals surface area contributed by atoms with Crippen molar-refractivity contribution in [1.29, 1.82) is 0 Å². The summed E-state index contributed by atoms with van der Waals surface area (Å²) in [5.41, 5.74) is 1.72. The molecule has 0 unspecified atom stereocenters. The molecule has 1 aliphatic rings. The van der Waals surface area contributed by atoms with Crippen molar-refractivity contribution in [2.24, 2.45) is 7.05 Å². The summed E-state index contributed by atoms with van der Waals surface area (Å²) in [4.78, 5) is 32.5. The Hall–Kier alpha value is -2.45. The van der Waals surface area contributed by atoms with Crippen LogP contribution in [0.25, 0.3) is 11.0 Å². The van der Waals surface area contributed by atoms with Gasteiger partial charge in [-0.1, -0.05) is 0 Å². The van der Waals surface area contributed by atoms with Crippen LogP contribution in [0, 0.1) is 0 Å². The Morgan fingerprint density at radius 3 is 2.96 bits per heavy atom. The third kappa shape index (κ3) is 3.10. The number of nitrogens with one attached hydrogen (secondary N) is 3. The molecule has 1 amide bonds. The number of H-pyrrole nitrogens is 1. The van der Waals surface area contributed by atoms with Crippen molar-refractivity contribution in [3.63, 3.8) is 0 Å². The van der Waals surface area contributed by atoms with Crippen molar-refractivity contribution in [3.8, 4) is 0 Å². The molecule has 0 radical (unpaired) electrons. The number of carbonyl (C=O) groups excluding carboxylic acids is 1. The van der Waals surface area contributed by atoms with Gasteiger partial charge in [0.2, 0.25) is 0 Å². The molecule has 3 heterocycles. The Morgan fingerprint density at radius 2 is 2.16 bits per heavy atom. The molecule has 1 fully saturated rings. The van der Waals surface area contributed by atoms with Gasteiger partial charge >= 0.3 is 5.69 Å². The van der Waals surface area contributed by atoms with Crippen molar-refractivity contribution < 1.29 is 4.79 Å². The number of aromatic amines is 1. The largest absolute Gasteiger partial charge is 0.326 e. The number of hydrogen-bond acceptors (Lipinski definition) is 5. The fourth-order valence-electron chi connectivity index (χ4n) is 3.17. The van der Waals surface area contributed by atoms with Gasteiger partial charge < -0.3 is 10.3 Å². The summed E-state index contributed by atoms with van der Waals surface area (Å²) >= 11 is 1.54. The standard InChI is InChI=1S/C17H19N5O2S/c1-22-13-8-11(2-3-12(13)20-17(22)24)15(23)21-16-19-9-14(25-16)10-4-6-18-7-5-10/h2-3,8-10,18H,4-7H2,1H3,(H,20,24)(H,19,21,23). The van der Waals surface area contributed by atoms with Gasteiger partial charge in [0.25, 0.3) is 5.91 Å². The summed E-state index contributed by atoms with van der Waals surface area (Å²) < 4.78 is 1.49. The summed E-state index contributed by atoms with van der Waals surface area (Å²) in [6.07, 6.45) is 4.08. The topological polar surface area (TPSA) is 91.8 Å². The third-order valence-corrected chi connectivity index (χ3v) is 5.73. The van der Waals surface area contributed by atoms with Crippen LogP contribution in [0.5, 0.6) is 0 Å². The zero-order chi connectivity index (χ0) is 17.4. The minimum Gasteiger partial charge on any atom is -0.317 e. The predicted molar refractivity (Wildman–Crippen MR) is 98.5 cm³/mol.